The number of likely N-dealkylation sites (N-methyl/N-ethyl adjacent to an activating group) is 1. The van der Waals surface area contributed by atoms with Crippen LogP contribution in [0.1, 0.15) is 32.8 Å². The molecule has 4 rings (SSSR count). The van der Waals surface area contributed by atoms with Gasteiger partial charge in [-0.25, -0.2) is 4.98 Å². The summed E-state index contributed by atoms with van der Waals surface area (Å²) in [5, 5.41) is 10.5. The van der Waals surface area contributed by atoms with Gasteiger partial charge in [0.1, 0.15) is 5.82 Å². The third-order valence-corrected chi connectivity index (χ3v) is 5.20. The minimum absolute atomic E-state index is 0.0522. The first-order chi connectivity index (χ1) is 14.7. The van der Waals surface area contributed by atoms with Crippen LogP contribution in [-0.4, -0.2) is 56.3 Å². The Morgan fingerprint density at radius 1 is 1.19 bits per heavy atom. The third kappa shape index (κ3) is 3.49. The monoisotopic (exact) mass is 417 g/mol. The predicted molar refractivity (Wildman–Crippen MR) is 112 cm³/mol. The molecule has 0 bridgehead atoms. The van der Waals surface area contributed by atoms with Crippen LogP contribution in [-0.2, 0) is 4.79 Å². The topological polar surface area (TPSA) is 144 Å². The number of hydrogen-bond acceptors (Lipinski definition) is 5. The number of aliphatic hydroxyl groups is 1. The molecule has 1 fully saturated rings. The fourth-order valence-corrected chi connectivity index (χ4v) is 3.50. The van der Waals surface area contributed by atoms with Gasteiger partial charge in [0, 0.05) is 37.3 Å². The molecule has 3 aromatic rings. The molecule has 1 saturated heterocycles. The number of carbonyl (C=O) groups excluding carboxylic acids is 3. The standard InChI is InChI=1S/C22H19N5O4/c1-26-10-9-22(31,21(26)30)8-7-13-3-2-4-14(11-13)20-25-17(19(24)29)16-6-5-15(18(23)28)12-27(16)20/h2-6,11-12,31H,9-10H2,1H3,(H2,23,28)(H2,24,29)/t22-/m0/s1. The van der Waals surface area contributed by atoms with Crippen LogP contribution in [0.5, 0.6) is 0 Å². The number of primary amides is 2. The fraction of sp³-hybridized carbons (Fsp3) is 0.182. The summed E-state index contributed by atoms with van der Waals surface area (Å²) >= 11 is 0. The van der Waals surface area contributed by atoms with Crippen LogP contribution in [0.15, 0.2) is 42.6 Å². The van der Waals surface area contributed by atoms with Crippen molar-refractivity contribution >= 4 is 23.2 Å². The molecule has 2 aromatic heterocycles. The highest BCUT2D eigenvalue weighted by atomic mass is 16.3. The van der Waals surface area contributed by atoms with Crippen molar-refractivity contribution in [3.05, 3.63) is 59.4 Å². The lowest BCUT2D eigenvalue weighted by Crippen LogP contribution is -2.37. The van der Waals surface area contributed by atoms with E-state index in [0.29, 0.717) is 29.0 Å². The zero-order chi connectivity index (χ0) is 22.3. The van der Waals surface area contributed by atoms with Crippen molar-refractivity contribution in [3.8, 4) is 23.2 Å². The van der Waals surface area contributed by atoms with E-state index in [0.717, 1.165) is 0 Å². The Morgan fingerprint density at radius 2 is 1.97 bits per heavy atom. The van der Waals surface area contributed by atoms with E-state index in [9.17, 15) is 19.5 Å². The van der Waals surface area contributed by atoms with Gasteiger partial charge >= 0.3 is 0 Å². The van der Waals surface area contributed by atoms with E-state index in [1.54, 1.807) is 41.8 Å². The normalized spacial score (nSPS) is 18.1. The van der Waals surface area contributed by atoms with Crippen molar-refractivity contribution < 1.29 is 19.5 Å². The summed E-state index contributed by atoms with van der Waals surface area (Å²) in [6.07, 6.45) is 1.72. The lowest BCUT2D eigenvalue weighted by atomic mass is 10.0. The van der Waals surface area contributed by atoms with Gasteiger partial charge in [-0.1, -0.05) is 24.0 Å². The van der Waals surface area contributed by atoms with E-state index in [-0.39, 0.29) is 17.7 Å². The lowest BCUT2D eigenvalue weighted by molar-refractivity contribution is -0.137. The third-order valence-electron chi connectivity index (χ3n) is 5.20. The first-order valence-corrected chi connectivity index (χ1v) is 9.43. The number of likely N-dealkylation sites (tertiary alicyclic amines) is 1. The molecule has 0 unspecified atom stereocenters. The molecule has 1 aliphatic rings. The van der Waals surface area contributed by atoms with Gasteiger partial charge < -0.3 is 21.5 Å². The molecule has 31 heavy (non-hydrogen) atoms. The van der Waals surface area contributed by atoms with Gasteiger partial charge in [-0.15, -0.1) is 0 Å². The quantitative estimate of drug-likeness (QED) is 0.520. The summed E-state index contributed by atoms with van der Waals surface area (Å²) in [6.45, 7) is 0.433. The minimum Gasteiger partial charge on any atom is -0.369 e. The SMILES string of the molecule is CN1CC[C@@](O)(C#Cc2cccc(-c3nc(C(N)=O)c4ccc(C(N)=O)cn34)c2)C1=O. The van der Waals surface area contributed by atoms with Crippen LogP contribution in [0, 0.1) is 11.8 Å². The maximum absolute atomic E-state index is 12.1. The number of aromatic nitrogens is 2. The van der Waals surface area contributed by atoms with Crippen molar-refractivity contribution in [2.24, 2.45) is 11.5 Å². The molecule has 0 saturated carbocycles. The molecular weight excluding hydrogens is 398 g/mol. The highest BCUT2D eigenvalue weighted by molar-refractivity contribution is 6.00. The Balaban J connectivity index is 1.80. The maximum Gasteiger partial charge on any atom is 0.269 e. The van der Waals surface area contributed by atoms with Gasteiger partial charge in [-0.3, -0.25) is 18.8 Å². The van der Waals surface area contributed by atoms with Crippen LogP contribution < -0.4 is 11.5 Å². The summed E-state index contributed by atoms with van der Waals surface area (Å²) in [7, 11) is 1.61. The molecule has 0 spiro atoms. The van der Waals surface area contributed by atoms with Crippen molar-refractivity contribution in [2.45, 2.75) is 12.0 Å². The van der Waals surface area contributed by atoms with Crippen molar-refractivity contribution in [2.75, 3.05) is 13.6 Å². The van der Waals surface area contributed by atoms with Crippen LogP contribution in [0.4, 0.5) is 0 Å². The van der Waals surface area contributed by atoms with E-state index in [2.05, 4.69) is 16.8 Å². The number of imidazole rings is 1. The minimum atomic E-state index is -1.71. The molecule has 156 valence electrons. The van der Waals surface area contributed by atoms with Gasteiger partial charge in [0.15, 0.2) is 5.69 Å². The van der Waals surface area contributed by atoms with Gasteiger partial charge in [0.25, 0.3) is 11.8 Å². The van der Waals surface area contributed by atoms with E-state index in [1.165, 1.54) is 17.2 Å². The zero-order valence-electron chi connectivity index (χ0n) is 16.6. The average molecular weight is 417 g/mol. The zero-order valence-corrected chi connectivity index (χ0v) is 16.6. The average Bonchev–Trinajstić information content (AvgIpc) is 3.26. The Morgan fingerprint density at radius 3 is 2.61 bits per heavy atom. The Bertz CT molecular complexity index is 1320. The van der Waals surface area contributed by atoms with E-state index >= 15 is 0 Å². The van der Waals surface area contributed by atoms with Gasteiger partial charge in [0.2, 0.25) is 11.5 Å². The fourth-order valence-electron chi connectivity index (χ4n) is 3.50. The molecule has 0 radical (unpaired) electrons. The lowest BCUT2D eigenvalue weighted by Gasteiger charge is -2.13. The van der Waals surface area contributed by atoms with E-state index in [4.69, 9.17) is 11.5 Å². The molecule has 1 aromatic carbocycles. The van der Waals surface area contributed by atoms with Crippen molar-refractivity contribution in [1.29, 1.82) is 0 Å². The van der Waals surface area contributed by atoms with E-state index in [1.807, 2.05) is 0 Å². The van der Waals surface area contributed by atoms with Crippen molar-refractivity contribution in [1.82, 2.24) is 14.3 Å². The van der Waals surface area contributed by atoms with Gasteiger partial charge in [-0.05, 0) is 24.3 Å². The summed E-state index contributed by atoms with van der Waals surface area (Å²) in [4.78, 5) is 41.4. The second-order valence-electron chi connectivity index (χ2n) is 7.35. The number of fused-ring (bicyclic) bond motifs is 1. The molecule has 3 heterocycles. The summed E-state index contributed by atoms with van der Waals surface area (Å²) in [5.74, 6) is 4.12. The summed E-state index contributed by atoms with van der Waals surface area (Å²) < 4.78 is 1.57. The predicted octanol–water partition coefficient (Wildman–Crippen LogP) is 0.144. The number of nitrogens with two attached hydrogens (primary N) is 2. The molecule has 9 nitrogen and oxygen atoms in total. The molecule has 3 amide bonds. The van der Waals surface area contributed by atoms with Crippen molar-refractivity contribution in [3.63, 3.8) is 0 Å². The number of pyridine rings is 1. The Labute approximate surface area is 177 Å². The Hall–Kier alpha value is -4.16. The molecule has 1 atom stereocenters. The molecular formula is C22H19N5O4. The number of rotatable bonds is 3. The largest absolute Gasteiger partial charge is 0.369 e. The van der Waals surface area contributed by atoms with E-state index < -0.39 is 23.3 Å². The number of hydrogen-bond donors (Lipinski definition) is 3. The second kappa shape index (κ2) is 7.27. The van der Waals surface area contributed by atoms with Crippen LogP contribution in [0.3, 0.4) is 0 Å². The molecule has 0 aliphatic carbocycles. The number of amides is 3. The number of benzene rings is 1. The van der Waals surface area contributed by atoms with Crippen LogP contribution in [0.25, 0.3) is 16.9 Å². The number of nitrogens with zero attached hydrogens (tertiary/aromatic N) is 3. The maximum atomic E-state index is 12.1. The summed E-state index contributed by atoms with van der Waals surface area (Å²) in [5.41, 5.74) is 11.0. The smallest absolute Gasteiger partial charge is 0.269 e. The second-order valence-corrected chi connectivity index (χ2v) is 7.35. The first kappa shape index (κ1) is 20.1. The number of carbonyl (C=O) groups is 3. The molecule has 5 N–H and O–H groups in total. The van der Waals surface area contributed by atoms with Gasteiger partial charge in [0.05, 0.1) is 11.1 Å². The van der Waals surface area contributed by atoms with Gasteiger partial charge in [-0.2, -0.15) is 0 Å². The molecule has 1 aliphatic heterocycles. The first-order valence-electron chi connectivity index (χ1n) is 9.43. The van der Waals surface area contributed by atoms with Crippen LogP contribution >= 0.6 is 0 Å². The Kier molecular flexibility index (Phi) is 4.72. The highest BCUT2D eigenvalue weighted by Gasteiger charge is 2.42. The summed E-state index contributed by atoms with van der Waals surface area (Å²) in [6, 6.07) is 9.96. The molecule has 9 heteroatoms. The van der Waals surface area contributed by atoms with Crippen LogP contribution in [0.2, 0.25) is 0 Å². The highest BCUT2D eigenvalue weighted by Crippen LogP contribution is 2.25.